The molecule has 0 unspecified atom stereocenters. The fourth-order valence-electron chi connectivity index (χ4n) is 3.14. The monoisotopic (exact) mass is 386 g/mol. The number of ketones is 1. The van der Waals surface area contributed by atoms with Gasteiger partial charge in [0.15, 0.2) is 0 Å². The van der Waals surface area contributed by atoms with E-state index in [1.54, 1.807) is 19.1 Å². The smallest absolute Gasteiger partial charge is 0.338 e. The van der Waals surface area contributed by atoms with Crippen LogP contribution in [0.4, 0.5) is 0 Å². The van der Waals surface area contributed by atoms with Gasteiger partial charge in [-0.25, -0.2) is 4.79 Å². The molecule has 156 valence electrons. The van der Waals surface area contributed by atoms with E-state index in [2.05, 4.69) is 13.5 Å². The fraction of sp³-hybridized carbons (Fsp3) is 0.600. The Bertz CT molecular complexity index is 586. The van der Waals surface area contributed by atoms with Crippen LogP contribution in [0.15, 0.2) is 36.4 Å². The average Bonchev–Trinajstić information content (AvgIpc) is 2.68. The normalized spacial score (nSPS) is 10.6. The lowest BCUT2D eigenvalue weighted by molar-refractivity contribution is -0.130. The summed E-state index contributed by atoms with van der Waals surface area (Å²) in [5.41, 5.74) is 1.47. The maximum absolute atomic E-state index is 12.1. The molecule has 0 saturated carbocycles. The summed E-state index contributed by atoms with van der Waals surface area (Å²) in [6, 6.07) is 7.36. The molecule has 0 aliphatic rings. The Morgan fingerprint density at radius 2 is 1.36 bits per heavy atom. The van der Waals surface area contributed by atoms with Gasteiger partial charge in [-0.1, -0.05) is 83.4 Å². The summed E-state index contributed by atoms with van der Waals surface area (Å²) in [6.07, 6.45) is 14.9. The fourth-order valence-corrected chi connectivity index (χ4v) is 3.14. The van der Waals surface area contributed by atoms with E-state index in [1.807, 2.05) is 12.1 Å². The van der Waals surface area contributed by atoms with Gasteiger partial charge < -0.3 is 4.74 Å². The van der Waals surface area contributed by atoms with E-state index in [0.717, 1.165) is 18.4 Å². The van der Waals surface area contributed by atoms with E-state index < -0.39 is 5.97 Å². The zero-order valence-corrected chi connectivity index (χ0v) is 17.9. The lowest BCUT2D eigenvalue weighted by Gasteiger charge is -2.06. The minimum Gasteiger partial charge on any atom is -0.423 e. The number of unbranched alkanes of at least 4 members (excludes halogenated alkanes) is 9. The molecule has 3 heteroatoms. The summed E-state index contributed by atoms with van der Waals surface area (Å²) >= 11 is 0. The van der Waals surface area contributed by atoms with Crippen molar-refractivity contribution < 1.29 is 14.3 Å². The lowest BCUT2D eigenvalue weighted by Crippen LogP contribution is -2.08. The molecule has 0 aromatic heterocycles. The summed E-state index contributed by atoms with van der Waals surface area (Å²) in [4.78, 5) is 23.5. The Labute approximate surface area is 171 Å². The second-order valence-corrected chi connectivity index (χ2v) is 7.78. The van der Waals surface area contributed by atoms with Gasteiger partial charge in [-0.3, -0.25) is 4.79 Å². The first-order chi connectivity index (χ1) is 13.5. The molecule has 0 radical (unpaired) electrons. The van der Waals surface area contributed by atoms with Crippen LogP contribution in [-0.4, -0.2) is 11.8 Å². The number of rotatable bonds is 16. The molecular formula is C25H38O3. The number of esters is 1. The summed E-state index contributed by atoms with van der Waals surface area (Å²) in [5.74, 6) is 0.435. The Hall–Kier alpha value is -1.90. The van der Waals surface area contributed by atoms with Crippen LogP contribution in [-0.2, 0) is 16.0 Å². The van der Waals surface area contributed by atoms with E-state index in [-0.39, 0.29) is 0 Å². The van der Waals surface area contributed by atoms with Crippen molar-refractivity contribution in [3.63, 3.8) is 0 Å². The molecular weight excluding hydrogens is 348 g/mol. The van der Waals surface area contributed by atoms with E-state index in [0.29, 0.717) is 29.9 Å². The molecule has 0 saturated heterocycles. The van der Waals surface area contributed by atoms with Crippen molar-refractivity contribution >= 4 is 11.8 Å². The van der Waals surface area contributed by atoms with Gasteiger partial charge in [-0.15, -0.1) is 0 Å². The van der Waals surface area contributed by atoms with Gasteiger partial charge in [0.25, 0.3) is 0 Å². The standard InChI is InChI=1S/C25H38O3/c1-4-5-6-7-8-9-10-11-12-13-14-23(26)18-15-22-16-19-24(20-17-22)28-25(27)21(2)3/h16-17,19-20H,2,4-15,18H2,1,3H3. The Morgan fingerprint density at radius 3 is 1.89 bits per heavy atom. The molecule has 1 aromatic carbocycles. The van der Waals surface area contributed by atoms with Crippen molar-refractivity contribution in [1.29, 1.82) is 0 Å². The molecule has 3 nitrogen and oxygen atoms in total. The molecule has 0 bridgehead atoms. The number of hydrogen-bond acceptors (Lipinski definition) is 3. The van der Waals surface area contributed by atoms with Crippen LogP contribution in [0, 0.1) is 0 Å². The number of carbonyl (C=O) groups is 2. The van der Waals surface area contributed by atoms with E-state index in [9.17, 15) is 9.59 Å². The van der Waals surface area contributed by atoms with Gasteiger partial charge in [-0.2, -0.15) is 0 Å². The van der Waals surface area contributed by atoms with E-state index >= 15 is 0 Å². The first-order valence-corrected chi connectivity index (χ1v) is 11.0. The molecule has 0 aliphatic heterocycles. The summed E-state index contributed by atoms with van der Waals surface area (Å²) in [5, 5.41) is 0. The van der Waals surface area contributed by atoms with Crippen molar-refractivity contribution in [2.75, 3.05) is 0 Å². The Kier molecular flexibility index (Phi) is 13.0. The third-order valence-electron chi connectivity index (χ3n) is 4.98. The van der Waals surface area contributed by atoms with Gasteiger partial charge in [0.2, 0.25) is 0 Å². The summed E-state index contributed by atoms with van der Waals surface area (Å²) in [6.45, 7) is 7.44. The molecule has 28 heavy (non-hydrogen) atoms. The highest BCUT2D eigenvalue weighted by molar-refractivity contribution is 5.88. The van der Waals surface area contributed by atoms with E-state index in [4.69, 9.17) is 4.74 Å². The third kappa shape index (κ3) is 11.7. The molecule has 0 aliphatic carbocycles. The highest BCUT2D eigenvalue weighted by atomic mass is 16.5. The highest BCUT2D eigenvalue weighted by Crippen LogP contribution is 2.16. The predicted octanol–water partition coefficient (Wildman–Crippen LogP) is 6.98. The van der Waals surface area contributed by atoms with Gasteiger partial charge in [0.05, 0.1) is 0 Å². The Balaban J connectivity index is 2.07. The van der Waals surface area contributed by atoms with Gasteiger partial charge in [0.1, 0.15) is 11.5 Å². The number of benzene rings is 1. The topological polar surface area (TPSA) is 43.4 Å². The molecule has 1 rings (SSSR count). The lowest BCUT2D eigenvalue weighted by atomic mass is 10.0. The second kappa shape index (κ2) is 15.1. The van der Waals surface area contributed by atoms with Crippen LogP contribution >= 0.6 is 0 Å². The van der Waals surface area contributed by atoms with Crippen molar-refractivity contribution in [3.8, 4) is 5.75 Å². The number of ether oxygens (including phenoxy) is 1. The van der Waals surface area contributed by atoms with Crippen LogP contribution in [0.5, 0.6) is 5.75 Å². The summed E-state index contributed by atoms with van der Waals surface area (Å²) < 4.78 is 5.17. The van der Waals surface area contributed by atoms with Gasteiger partial charge >= 0.3 is 5.97 Å². The quantitative estimate of drug-likeness (QED) is 0.133. The van der Waals surface area contributed by atoms with Crippen LogP contribution in [0.25, 0.3) is 0 Å². The zero-order chi connectivity index (χ0) is 20.6. The molecule has 0 atom stereocenters. The van der Waals surface area contributed by atoms with Gasteiger partial charge in [0, 0.05) is 18.4 Å². The number of hydrogen-bond donors (Lipinski definition) is 0. The van der Waals surface area contributed by atoms with Crippen LogP contribution in [0.2, 0.25) is 0 Å². The number of Topliss-reactive ketones (excluding diaryl/α,β-unsaturated/α-hetero) is 1. The van der Waals surface area contributed by atoms with Crippen molar-refractivity contribution in [1.82, 2.24) is 0 Å². The minimum atomic E-state index is -0.417. The third-order valence-corrected chi connectivity index (χ3v) is 4.98. The molecule has 0 amide bonds. The first kappa shape index (κ1) is 24.1. The number of carbonyl (C=O) groups excluding carboxylic acids is 2. The van der Waals surface area contributed by atoms with Crippen LogP contribution in [0.1, 0.15) is 96.5 Å². The number of aryl methyl sites for hydroxylation is 1. The van der Waals surface area contributed by atoms with Crippen molar-refractivity contribution in [2.24, 2.45) is 0 Å². The molecule has 0 N–H and O–H groups in total. The molecule has 0 fully saturated rings. The zero-order valence-electron chi connectivity index (χ0n) is 17.9. The predicted molar refractivity (Wildman–Crippen MR) is 117 cm³/mol. The maximum atomic E-state index is 12.1. The minimum absolute atomic E-state index is 0.345. The average molecular weight is 387 g/mol. The Morgan fingerprint density at radius 1 is 0.821 bits per heavy atom. The SMILES string of the molecule is C=C(C)C(=O)Oc1ccc(CCC(=O)CCCCCCCCCCCC)cc1. The molecule has 0 spiro atoms. The summed E-state index contributed by atoms with van der Waals surface area (Å²) in [7, 11) is 0. The molecule has 1 aromatic rings. The van der Waals surface area contributed by atoms with Gasteiger partial charge in [-0.05, 0) is 37.5 Å². The van der Waals surface area contributed by atoms with E-state index in [1.165, 1.54) is 57.8 Å². The second-order valence-electron chi connectivity index (χ2n) is 7.78. The van der Waals surface area contributed by atoms with Crippen molar-refractivity contribution in [3.05, 3.63) is 42.0 Å². The van der Waals surface area contributed by atoms with Crippen LogP contribution < -0.4 is 4.74 Å². The maximum Gasteiger partial charge on any atom is 0.338 e. The largest absolute Gasteiger partial charge is 0.423 e. The molecule has 0 heterocycles. The van der Waals surface area contributed by atoms with Crippen LogP contribution in [0.3, 0.4) is 0 Å². The highest BCUT2D eigenvalue weighted by Gasteiger charge is 2.06. The first-order valence-electron chi connectivity index (χ1n) is 11.0. The van der Waals surface area contributed by atoms with Crippen molar-refractivity contribution in [2.45, 2.75) is 97.3 Å².